The number of hydrogen-bond acceptors (Lipinski definition) is 1. The largest absolute Gasteiger partial charge is 0.481 e. The SMILES string of the molecule is CC1(C(=O)O)CCC=CC12CCCCC2. The monoisotopic (exact) mass is 208 g/mol. The van der Waals surface area contributed by atoms with Gasteiger partial charge in [-0.15, -0.1) is 0 Å². The topological polar surface area (TPSA) is 37.3 Å². The molecule has 0 bridgehead atoms. The summed E-state index contributed by atoms with van der Waals surface area (Å²) < 4.78 is 0. The smallest absolute Gasteiger partial charge is 0.310 e. The van der Waals surface area contributed by atoms with Gasteiger partial charge in [-0.3, -0.25) is 4.79 Å². The number of hydrogen-bond donors (Lipinski definition) is 1. The third-order valence-corrected chi connectivity index (χ3v) is 4.56. The van der Waals surface area contributed by atoms with Crippen molar-refractivity contribution in [3.8, 4) is 0 Å². The lowest BCUT2D eigenvalue weighted by atomic mass is 9.54. The van der Waals surface area contributed by atoms with Gasteiger partial charge in [0.1, 0.15) is 0 Å². The molecule has 1 spiro atoms. The molecule has 0 aliphatic heterocycles. The molecule has 0 saturated heterocycles. The van der Waals surface area contributed by atoms with E-state index in [1.807, 2.05) is 6.92 Å². The van der Waals surface area contributed by atoms with E-state index in [4.69, 9.17) is 0 Å². The third kappa shape index (κ3) is 1.51. The number of carboxylic acids is 1. The number of carboxylic acid groups (broad SMARTS) is 1. The maximum Gasteiger partial charge on any atom is 0.310 e. The molecule has 0 aromatic carbocycles. The summed E-state index contributed by atoms with van der Waals surface area (Å²) in [5.74, 6) is -0.603. The molecule has 84 valence electrons. The van der Waals surface area contributed by atoms with Crippen LogP contribution in [0.1, 0.15) is 51.9 Å². The van der Waals surface area contributed by atoms with Gasteiger partial charge in [-0.05, 0) is 32.6 Å². The van der Waals surface area contributed by atoms with Gasteiger partial charge in [0.25, 0.3) is 0 Å². The van der Waals surface area contributed by atoms with Gasteiger partial charge in [0, 0.05) is 5.41 Å². The Morgan fingerprint density at radius 2 is 1.87 bits per heavy atom. The van der Waals surface area contributed by atoms with E-state index in [0.29, 0.717) is 0 Å². The molecule has 1 unspecified atom stereocenters. The number of carbonyl (C=O) groups is 1. The van der Waals surface area contributed by atoms with E-state index < -0.39 is 11.4 Å². The zero-order valence-electron chi connectivity index (χ0n) is 9.46. The minimum atomic E-state index is -0.603. The van der Waals surface area contributed by atoms with E-state index in [9.17, 15) is 9.90 Å². The van der Waals surface area contributed by atoms with Crippen LogP contribution in [0.25, 0.3) is 0 Å². The molecule has 2 aliphatic carbocycles. The van der Waals surface area contributed by atoms with Gasteiger partial charge in [-0.2, -0.15) is 0 Å². The standard InChI is InChI=1S/C13H20O2/c1-12(11(14)15)7-5-6-10-13(12)8-3-2-4-9-13/h6,10H,2-5,7-9H2,1H3,(H,14,15). The van der Waals surface area contributed by atoms with Gasteiger partial charge in [-0.25, -0.2) is 0 Å². The Labute approximate surface area is 91.4 Å². The minimum Gasteiger partial charge on any atom is -0.481 e. The van der Waals surface area contributed by atoms with Gasteiger partial charge in [0.2, 0.25) is 0 Å². The second kappa shape index (κ2) is 3.66. The Balaban J connectivity index is 2.36. The van der Waals surface area contributed by atoms with E-state index in [2.05, 4.69) is 12.2 Å². The Bertz CT molecular complexity index is 287. The van der Waals surface area contributed by atoms with E-state index in [-0.39, 0.29) is 5.41 Å². The van der Waals surface area contributed by atoms with Gasteiger partial charge in [0.05, 0.1) is 5.41 Å². The molecule has 0 radical (unpaired) electrons. The summed E-state index contributed by atoms with van der Waals surface area (Å²) in [6.45, 7) is 1.95. The highest BCUT2D eigenvalue weighted by Gasteiger charge is 2.52. The maximum absolute atomic E-state index is 11.5. The predicted octanol–water partition coefficient (Wildman–Crippen LogP) is 3.38. The summed E-state index contributed by atoms with van der Waals surface area (Å²) in [5.41, 5.74) is -0.572. The summed E-state index contributed by atoms with van der Waals surface area (Å²) in [4.78, 5) is 11.5. The lowest BCUT2D eigenvalue weighted by Crippen LogP contribution is -2.47. The molecule has 0 aromatic rings. The van der Waals surface area contributed by atoms with E-state index in [1.54, 1.807) is 0 Å². The van der Waals surface area contributed by atoms with Gasteiger partial charge in [0.15, 0.2) is 0 Å². The highest BCUT2D eigenvalue weighted by molar-refractivity contribution is 5.76. The summed E-state index contributed by atoms with van der Waals surface area (Å²) in [6.07, 6.45) is 11.9. The molecule has 2 rings (SSSR count). The minimum absolute atomic E-state index is 0.0463. The van der Waals surface area contributed by atoms with Crippen LogP contribution in [0.5, 0.6) is 0 Å². The first-order valence-electron chi connectivity index (χ1n) is 6.02. The highest BCUT2D eigenvalue weighted by atomic mass is 16.4. The Morgan fingerprint density at radius 3 is 2.47 bits per heavy atom. The quantitative estimate of drug-likeness (QED) is 0.671. The van der Waals surface area contributed by atoms with Crippen LogP contribution in [-0.2, 0) is 4.79 Å². The van der Waals surface area contributed by atoms with E-state index >= 15 is 0 Å². The Morgan fingerprint density at radius 1 is 1.20 bits per heavy atom. The van der Waals surface area contributed by atoms with Crippen molar-refractivity contribution in [3.05, 3.63) is 12.2 Å². The van der Waals surface area contributed by atoms with Gasteiger partial charge >= 0.3 is 5.97 Å². The van der Waals surface area contributed by atoms with Crippen molar-refractivity contribution in [2.45, 2.75) is 51.9 Å². The molecule has 1 saturated carbocycles. The molecule has 2 aliphatic rings. The van der Waals surface area contributed by atoms with Crippen LogP contribution < -0.4 is 0 Å². The summed E-state index contributed by atoms with van der Waals surface area (Å²) in [7, 11) is 0. The second-order valence-corrected chi connectivity index (χ2v) is 5.30. The normalized spacial score (nSPS) is 34.2. The number of allylic oxidation sites excluding steroid dienone is 2. The molecule has 1 atom stereocenters. The van der Waals surface area contributed by atoms with Crippen molar-refractivity contribution in [1.29, 1.82) is 0 Å². The fourth-order valence-electron chi connectivity index (χ4n) is 3.33. The van der Waals surface area contributed by atoms with E-state index in [1.165, 1.54) is 19.3 Å². The van der Waals surface area contributed by atoms with Crippen molar-refractivity contribution in [2.75, 3.05) is 0 Å². The molecule has 0 heterocycles. The number of aliphatic carboxylic acids is 1. The Hall–Kier alpha value is -0.790. The first kappa shape index (κ1) is 10.7. The van der Waals surface area contributed by atoms with Crippen molar-refractivity contribution in [1.82, 2.24) is 0 Å². The zero-order chi connectivity index (χ0) is 10.9. The fourth-order valence-corrected chi connectivity index (χ4v) is 3.33. The average Bonchev–Trinajstić information content (AvgIpc) is 2.24. The first-order chi connectivity index (χ1) is 7.11. The van der Waals surface area contributed by atoms with Crippen LogP contribution in [-0.4, -0.2) is 11.1 Å². The second-order valence-electron chi connectivity index (χ2n) is 5.30. The zero-order valence-corrected chi connectivity index (χ0v) is 9.46. The fraction of sp³-hybridized carbons (Fsp3) is 0.769. The van der Waals surface area contributed by atoms with Crippen LogP contribution in [0, 0.1) is 10.8 Å². The molecule has 15 heavy (non-hydrogen) atoms. The van der Waals surface area contributed by atoms with Crippen molar-refractivity contribution < 1.29 is 9.90 Å². The van der Waals surface area contributed by atoms with Crippen molar-refractivity contribution in [3.63, 3.8) is 0 Å². The van der Waals surface area contributed by atoms with Crippen molar-refractivity contribution >= 4 is 5.97 Å². The predicted molar refractivity (Wildman–Crippen MR) is 59.6 cm³/mol. The highest BCUT2D eigenvalue weighted by Crippen LogP contribution is 2.55. The van der Waals surface area contributed by atoms with Gasteiger partial charge in [-0.1, -0.05) is 31.4 Å². The van der Waals surface area contributed by atoms with Crippen LogP contribution in [0.4, 0.5) is 0 Å². The summed E-state index contributed by atoms with van der Waals surface area (Å²) >= 11 is 0. The lowest BCUT2D eigenvalue weighted by Gasteiger charge is -2.48. The molecule has 2 heteroatoms. The van der Waals surface area contributed by atoms with Crippen LogP contribution >= 0.6 is 0 Å². The third-order valence-electron chi connectivity index (χ3n) is 4.56. The molecule has 0 aromatic heterocycles. The summed E-state index contributed by atoms with van der Waals surface area (Å²) in [5, 5.41) is 9.48. The molecule has 1 N–H and O–H groups in total. The summed E-state index contributed by atoms with van der Waals surface area (Å²) in [6, 6.07) is 0. The Kier molecular flexibility index (Phi) is 2.61. The first-order valence-corrected chi connectivity index (χ1v) is 6.02. The maximum atomic E-state index is 11.5. The van der Waals surface area contributed by atoms with Gasteiger partial charge < -0.3 is 5.11 Å². The average molecular weight is 208 g/mol. The molecular formula is C13H20O2. The van der Waals surface area contributed by atoms with Crippen LogP contribution in [0.2, 0.25) is 0 Å². The van der Waals surface area contributed by atoms with Crippen LogP contribution in [0.15, 0.2) is 12.2 Å². The molecule has 2 nitrogen and oxygen atoms in total. The lowest BCUT2D eigenvalue weighted by molar-refractivity contribution is -0.157. The van der Waals surface area contributed by atoms with E-state index in [0.717, 1.165) is 25.7 Å². The molecule has 0 amide bonds. The molecular weight excluding hydrogens is 188 g/mol. The number of rotatable bonds is 1. The molecule has 1 fully saturated rings. The van der Waals surface area contributed by atoms with Crippen molar-refractivity contribution in [2.24, 2.45) is 10.8 Å². The van der Waals surface area contributed by atoms with Crippen LogP contribution in [0.3, 0.4) is 0 Å².